The van der Waals surface area contributed by atoms with Crippen LogP contribution in [0.1, 0.15) is 30.6 Å². The van der Waals surface area contributed by atoms with E-state index in [-0.39, 0.29) is 18.8 Å². The zero-order valence-corrected chi connectivity index (χ0v) is 28.1. The minimum Gasteiger partial charge on any atom is -0.481 e. The highest BCUT2D eigenvalue weighted by atomic mass is 31.1. The first kappa shape index (κ1) is 40.0. The third-order valence-corrected chi connectivity index (χ3v) is 8.20. The maximum Gasteiger partial charge on any atom is 0.549 e. The van der Waals surface area contributed by atoms with Crippen LogP contribution in [0.15, 0.2) is 91.0 Å². The van der Waals surface area contributed by atoms with Crippen LogP contribution in [-0.2, 0) is 42.1 Å². The Bertz CT molecular complexity index is 1560. The summed E-state index contributed by atoms with van der Waals surface area (Å²) in [7, 11) is -4.15. The monoisotopic (exact) mass is 716 g/mol. The van der Waals surface area contributed by atoms with Gasteiger partial charge in [-0.05, 0) is 51.4 Å². The molecule has 4 atom stereocenters. The number of carboxylic acid groups (broad SMARTS) is 2. The molecule has 0 bridgehead atoms. The number of amides is 2. The van der Waals surface area contributed by atoms with Crippen molar-refractivity contribution in [3.05, 3.63) is 96.6 Å². The number of rotatable bonds is 16. The number of nitrogens with one attached hydrogen (secondary N) is 2. The summed E-state index contributed by atoms with van der Waals surface area (Å²) in [6.07, 6.45) is -2.02. The van der Waals surface area contributed by atoms with Gasteiger partial charge in [-0.1, -0.05) is 68.4 Å². The van der Waals surface area contributed by atoms with Crippen molar-refractivity contribution in [1.82, 2.24) is 10.6 Å². The fourth-order valence-electron chi connectivity index (χ4n) is 3.60. The van der Waals surface area contributed by atoms with Crippen molar-refractivity contribution >= 4 is 62.4 Å². The molecule has 0 heterocycles. The Morgan fingerprint density at radius 2 is 1.14 bits per heavy atom. The normalized spacial score (nSPS) is 12.2. The second-order valence-electron chi connectivity index (χ2n) is 10.2. The molecule has 0 aliphatic heterocycles. The quantitative estimate of drug-likeness (QED) is 0.0948. The fraction of sp³-hybridized carbons (Fsp3) is 0.250. The van der Waals surface area contributed by atoms with E-state index in [1.165, 1.54) is 12.1 Å². The summed E-state index contributed by atoms with van der Waals surface area (Å²) in [5, 5.41) is 22.9. The molecule has 3 aromatic carbocycles. The highest BCUT2D eigenvalue weighted by molar-refractivity contribution is 7.48. The molecule has 49 heavy (non-hydrogen) atoms. The largest absolute Gasteiger partial charge is 0.549 e. The summed E-state index contributed by atoms with van der Waals surface area (Å²) in [5.41, 5.74) is 0.130. The van der Waals surface area contributed by atoms with Crippen LogP contribution in [0.25, 0.3) is 0 Å². The molecular formula is C32H34N2O13P2+2. The molecular weight excluding hydrogens is 682 g/mol. The maximum absolute atomic E-state index is 12.2. The van der Waals surface area contributed by atoms with Gasteiger partial charge in [0.1, 0.15) is 12.1 Å². The first-order valence-corrected chi connectivity index (χ1v) is 16.8. The zero-order chi connectivity index (χ0) is 36.3. The first-order chi connectivity index (χ1) is 23.3. The molecule has 0 saturated heterocycles. The molecule has 15 nitrogen and oxygen atoms in total. The molecule has 0 spiro atoms. The van der Waals surface area contributed by atoms with Crippen LogP contribution in [0, 0.1) is 5.92 Å². The number of esters is 1. The molecule has 0 saturated carbocycles. The number of alkyl carbamates (subject to hydrolysis) is 1. The predicted octanol–water partition coefficient (Wildman–Crippen LogP) is 3.35. The lowest BCUT2D eigenvalue weighted by atomic mass is 10.0. The molecule has 0 aliphatic carbocycles. The second-order valence-corrected chi connectivity index (χ2v) is 12.8. The number of hydrogen-bond donors (Lipinski definition) is 4. The summed E-state index contributed by atoms with van der Waals surface area (Å²) in [6.45, 7) is 2.44. The van der Waals surface area contributed by atoms with E-state index in [0.29, 0.717) is 10.6 Å². The molecule has 2 unspecified atom stereocenters. The topological polar surface area (TPSA) is 229 Å². The standard InChI is InChI=1S/C17H20N2O8.C15H14O5P2/c1-9(2)13(14(22)18-11(15(23)24)8-12(20)21)19-17(26)27-16(25)10-6-4-3-5-7-10;16-13(11-19-21(17)14-7-3-1-4-8-14)12-20-22(18)15-9-5-2-6-10-15/h3-7,9,11,13H,8H2,1-2H3,(H,18,22)(H,19,26)(H,20,21)(H,23,24);1-10H,11-12H2/q;+2/t11-,13-;/m0./s1. The fourth-order valence-corrected chi connectivity index (χ4v) is 5.25. The Labute approximate surface area is 282 Å². The van der Waals surface area contributed by atoms with Crippen molar-refractivity contribution in [3.8, 4) is 0 Å². The molecule has 0 aliphatic rings. The van der Waals surface area contributed by atoms with Crippen molar-refractivity contribution in [2.24, 2.45) is 5.92 Å². The SMILES string of the molecule is CC(C)[C@H](NC(=O)OC(=O)c1ccccc1)C(=O)N[C@@H](CC(=O)O)C(=O)O.O=C(CO[P+](=O)c1ccccc1)CO[P+](=O)c1ccccc1. The number of carbonyl (C=O) groups excluding carboxylic acids is 4. The Kier molecular flexibility index (Phi) is 17.1. The van der Waals surface area contributed by atoms with Crippen molar-refractivity contribution in [1.29, 1.82) is 0 Å². The van der Waals surface area contributed by atoms with Crippen LogP contribution in [0.5, 0.6) is 0 Å². The Morgan fingerprint density at radius 1 is 0.694 bits per heavy atom. The summed E-state index contributed by atoms with van der Waals surface area (Å²) in [6, 6.07) is 22.0. The van der Waals surface area contributed by atoms with Crippen LogP contribution in [0.3, 0.4) is 0 Å². The van der Waals surface area contributed by atoms with Crippen LogP contribution in [0.2, 0.25) is 0 Å². The lowest BCUT2D eigenvalue weighted by Crippen LogP contribution is -2.54. The van der Waals surface area contributed by atoms with Gasteiger partial charge in [-0.25, -0.2) is 14.4 Å². The first-order valence-electron chi connectivity index (χ1n) is 14.4. The number of aliphatic carboxylic acids is 2. The number of carboxylic acids is 2. The number of hydrogen-bond acceptors (Lipinski definition) is 11. The van der Waals surface area contributed by atoms with Crippen molar-refractivity contribution in [3.63, 3.8) is 0 Å². The second kappa shape index (κ2) is 20.9. The van der Waals surface area contributed by atoms with Crippen LogP contribution in [0.4, 0.5) is 4.79 Å². The van der Waals surface area contributed by atoms with Gasteiger partial charge in [0.15, 0.2) is 19.0 Å². The van der Waals surface area contributed by atoms with Gasteiger partial charge >= 0.3 is 40.1 Å². The smallest absolute Gasteiger partial charge is 0.481 e. The number of ether oxygens (including phenoxy) is 1. The van der Waals surface area contributed by atoms with Crippen LogP contribution in [-0.4, -0.2) is 71.2 Å². The minimum absolute atomic E-state index is 0.130. The van der Waals surface area contributed by atoms with Gasteiger partial charge in [-0.15, -0.1) is 9.05 Å². The van der Waals surface area contributed by atoms with Gasteiger partial charge < -0.3 is 25.6 Å². The molecule has 3 aromatic rings. The average Bonchev–Trinajstić information content (AvgIpc) is 3.09. The van der Waals surface area contributed by atoms with E-state index in [2.05, 4.69) is 10.1 Å². The van der Waals surface area contributed by atoms with E-state index < -0.39 is 76.2 Å². The summed E-state index contributed by atoms with van der Waals surface area (Å²) in [5.74, 6) is -5.70. The third kappa shape index (κ3) is 15.1. The lowest BCUT2D eigenvalue weighted by Gasteiger charge is -2.23. The zero-order valence-electron chi connectivity index (χ0n) is 26.3. The van der Waals surface area contributed by atoms with Gasteiger partial charge in [-0.3, -0.25) is 14.4 Å². The maximum atomic E-state index is 12.2. The van der Waals surface area contributed by atoms with E-state index in [0.717, 1.165) is 0 Å². The molecule has 258 valence electrons. The lowest BCUT2D eigenvalue weighted by molar-refractivity contribution is -0.147. The van der Waals surface area contributed by atoms with Crippen molar-refractivity contribution in [2.45, 2.75) is 32.4 Å². The number of benzene rings is 3. The van der Waals surface area contributed by atoms with E-state index in [9.17, 15) is 37.9 Å². The Balaban J connectivity index is 0.000000347. The van der Waals surface area contributed by atoms with Crippen molar-refractivity contribution in [2.75, 3.05) is 13.2 Å². The van der Waals surface area contributed by atoms with Gasteiger partial charge in [0.2, 0.25) is 16.5 Å². The molecule has 17 heteroatoms. The van der Waals surface area contributed by atoms with Gasteiger partial charge in [0, 0.05) is 0 Å². The van der Waals surface area contributed by atoms with Crippen LogP contribution < -0.4 is 21.2 Å². The summed E-state index contributed by atoms with van der Waals surface area (Å²) < 4.78 is 38.2. The summed E-state index contributed by atoms with van der Waals surface area (Å²) in [4.78, 5) is 69.3. The number of Topliss-reactive ketones (excluding diaryl/α,β-unsaturated/α-hetero) is 1. The predicted molar refractivity (Wildman–Crippen MR) is 175 cm³/mol. The Hall–Kier alpha value is -5.20. The molecule has 4 N–H and O–H groups in total. The molecule has 0 aromatic heterocycles. The molecule has 0 radical (unpaired) electrons. The minimum atomic E-state index is -2.08. The van der Waals surface area contributed by atoms with Crippen molar-refractivity contribution < 1.29 is 61.9 Å². The Morgan fingerprint density at radius 3 is 1.55 bits per heavy atom. The summed E-state index contributed by atoms with van der Waals surface area (Å²) >= 11 is 0. The number of ketones is 1. The van der Waals surface area contributed by atoms with Gasteiger partial charge in [0.25, 0.3) is 0 Å². The third-order valence-electron chi connectivity index (χ3n) is 6.03. The average molecular weight is 717 g/mol. The molecule has 2 amide bonds. The van der Waals surface area contributed by atoms with E-state index >= 15 is 0 Å². The van der Waals surface area contributed by atoms with Crippen LogP contribution >= 0.6 is 16.1 Å². The van der Waals surface area contributed by atoms with Gasteiger partial charge in [-0.2, -0.15) is 0 Å². The van der Waals surface area contributed by atoms with E-state index in [1.54, 1.807) is 92.7 Å². The van der Waals surface area contributed by atoms with E-state index in [1.807, 2.05) is 5.32 Å². The molecule has 3 rings (SSSR count). The van der Waals surface area contributed by atoms with Gasteiger partial charge in [0.05, 0.1) is 12.0 Å². The van der Waals surface area contributed by atoms with E-state index in [4.69, 9.17) is 19.3 Å². The number of carbonyl (C=O) groups is 6. The highest BCUT2D eigenvalue weighted by Crippen LogP contribution is 2.23. The molecule has 0 fully saturated rings. The highest BCUT2D eigenvalue weighted by Gasteiger charge is 2.31.